The largest absolute Gasteiger partial charge is 0.253 e. The van der Waals surface area contributed by atoms with Crippen molar-refractivity contribution in [2.24, 2.45) is 4.99 Å². The number of aryl methyl sites for hydroxylation is 2. The minimum absolute atomic E-state index is 0.841. The Kier molecular flexibility index (Phi) is 7.92. The van der Waals surface area contributed by atoms with Gasteiger partial charge in [-0.1, -0.05) is 122 Å². The Morgan fingerprint density at radius 2 is 0.976 bits per heavy atom. The van der Waals surface area contributed by atoms with Gasteiger partial charge in [0.1, 0.15) is 0 Å². The van der Waals surface area contributed by atoms with Crippen LogP contribution in [0.5, 0.6) is 0 Å². The first-order valence-electron chi connectivity index (χ1n) is 14.7. The maximum Gasteiger partial charge on any atom is 0.0662 e. The summed E-state index contributed by atoms with van der Waals surface area (Å²) in [6.07, 6.45) is 0.841. The third kappa shape index (κ3) is 5.73. The van der Waals surface area contributed by atoms with Gasteiger partial charge in [0.25, 0.3) is 0 Å². The van der Waals surface area contributed by atoms with Crippen LogP contribution in [0.2, 0.25) is 0 Å². The molecule has 1 nitrogen and oxygen atoms in total. The van der Waals surface area contributed by atoms with Crippen molar-refractivity contribution in [3.8, 4) is 44.5 Å². The molecule has 6 rings (SSSR count). The van der Waals surface area contributed by atoms with Gasteiger partial charge in [0.15, 0.2) is 0 Å². The van der Waals surface area contributed by atoms with Crippen molar-refractivity contribution in [3.63, 3.8) is 0 Å². The minimum atomic E-state index is 0.841. The fourth-order valence-electron chi connectivity index (χ4n) is 5.63. The molecule has 0 atom stereocenters. The lowest BCUT2D eigenvalue weighted by Gasteiger charge is -2.17. The van der Waals surface area contributed by atoms with Gasteiger partial charge in [-0.25, -0.2) is 0 Å². The highest BCUT2D eigenvalue weighted by atomic mass is 14.8. The predicted octanol–water partition coefficient (Wildman–Crippen LogP) is 11.5. The van der Waals surface area contributed by atoms with Crippen LogP contribution in [-0.4, -0.2) is 5.71 Å². The highest BCUT2D eigenvalue weighted by Gasteiger charge is 2.15. The van der Waals surface area contributed by atoms with Crippen LogP contribution in [0.25, 0.3) is 44.5 Å². The number of hydrogen-bond acceptors (Lipinski definition) is 1. The number of hydrogen-bond donors (Lipinski definition) is 0. The topological polar surface area (TPSA) is 12.4 Å². The van der Waals surface area contributed by atoms with Crippen LogP contribution in [0, 0.1) is 13.8 Å². The van der Waals surface area contributed by atoms with E-state index in [1.807, 2.05) is 0 Å². The van der Waals surface area contributed by atoms with Crippen LogP contribution < -0.4 is 0 Å². The first kappa shape index (κ1) is 27.2. The maximum absolute atomic E-state index is 5.19. The number of aliphatic imine (C=N–C) groups is 1. The number of benzene rings is 6. The second-order valence-electron chi connectivity index (χ2n) is 10.8. The molecule has 6 aromatic rings. The zero-order chi connectivity index (χ0) is 28.9. The monoisotopic (exact) mass is 541 g/mol. The summed E-state index contributed by atoms with van der Waals surface area (Å²) in [5.41, 5.74) is 15.4. The molecule has 0 aliphatic rings. The summed E-state index contributed by atoms with van der Waals surface area (Å²) in [7, 11) is 0. The molecule has 6 aromatic carbocycles. The highest BCUT2D eigenvalue weighted by Crippen LogP contribution is 2.37. The van der Waals surface area contributed by atoms with Crippen molar-refractivity contribution in [2.45, 2.75) is 27.2 Å². The SMILES string of the molecule is CC/C(=N\c1ccccc1C)c1ccc(-c2cc(-c3ccccc3)cc(-c3ccccc3)c2)cc1-c1ccccc1C. The average Bonchev–Trinajstić information content (AvgIpc) is 3.05. The van der Waals surface area contributed by atoms with Gasteiger partial charge in [0, 0.05) is 11.3 Å². The van der Waals surface area contributed by atoms with Crippen molar-refractivity contribution in [1.82, 2.24) is 0 Å². The Morgan fingerprint density at radius 1 is 0.452 bits per heavy atom. The highest BCUT2D eigenvalue weighted by molar-refractivity contribution is 6.08. The first-order valence-corrected chi connectivity index (χ1v) is 14.7. The van der Waals surface area contributed by atoms with E-state index in [-0.39, 0.29) is 0 Å². The number of rotatable bonds is 7. The van der Waals surface area contributed by atoms with Gasteiger partial charge in [-0.15, -0.1) is 0 Å². The van der Waals surface area contributed by atoms with E-state index < -0.39 is 0 Å². The normalized spacial score (nSPS) is 11.5. The maximum atomic E-state index is 5.19. The summed E-state index contributed by atoms with van der Waals surface area (Å²) in [4.78, 5) is 5.19. The zero-order valence-corrected chi connectivity index (χ0v) is 24.5. The van der Waals surface area contributed by atoms with E-state index >= 15 is 0 Å². The minimum Gasteiger partial charge on any atom is -0.253 e. The summed E-state index contributed by atoms with van der Waals surface area (Å²) >= 11 is 0. The fourth-order valence-corrected chi connectivity index (χ4v) is 5.63. The van der Waals surface area contributed by atoms with Crippen molar-refractivity contribution in [3.05, 3.63) is 162 Å². The molecule has 0 saturated heterocycles. The lowest BCUT2D eigenvalue weighted by Crippen LogP contribution is -2.03. The van der Waals surface area contributed by atoms with Gasteiger partial charge in [-0.3, -0.25) is 4.99 Å². The van der Waals surface area contributed by atoms with E-state index in [0.29, 0.717) is 0 Å². The van der Waals surface area contributed by atoms with Gasteiger partial charge in [0.05, 0.1) is 5.69 Å². The van der Waals surface area contributed by atoms with E-state index in [0.717, 1.165) is 17.8 Å². The van der Waals surface area contributed by atoms with Gasteiger partial charge in [-0.2, -0.15) is 0 Å². The molecule has 1 heteroatoms. The molecule has 0 bridgehead atoms. The molecule has 0 aliphatic carbocycles. The molecule has 0 aromatic heterocycles. The summed E-state index contributed by atoms with van der Waals surface area (Å²) < 4.78 is 0. The molecule has 0 aliphatic heterocycles. The molecule has 0 unspecified atom stereocenters. The van der Waals surface area contributed by atoms with E-state index in [2.05, 4.69) is 166 Å². The van der Waals surface area contributed by atoms with Crippen molar-refractivity contribution < 1.29 is 0 Å². The van der Waals surface area contributed by atoms with Crippen molar-refractivity contribution >= 4 is 11.4 Å². The molecular weight excluding hydrogens is 506 g/mol. The lowest BCUT2D eigenvalue weighted by atomic mass is 9.88. The Hall–Kier alpha value is -5.01. The molecule has 0 fully saturated rings. The molecule has 42 heavy (non-hydrogen) atoms. The van der Waals surface area contributed by atoms with E-state index in [9.17, 15) is 0 Å². The summed E-state index contributed by atoms with van der Waals surface area (Å²) in [6.45, 7) is 6.52. The summed E-state index contributed by atoms with van der Waals surface area (Å²) in [5.74, 6) is 0. The second kappa shape index (κ2) is 12.2. The van der Waals surface area contributed by atoms with Crippen LogP contribution in [-0.2, 0) is 0 Å². The van der Waals surface area contributed by atoms with Gasteiger partial charge < -0.3 is 0 Å². The van der Waals surface area contributed by atoms with Crippen LogP contribution in [0.15, 0.2) is 151 Å². The van der Waals surface area contributed by atoms with E-state index in [1.165, 1.54) is 61.2 Å². The van der Waals surface area contributed by atoms with E-state index in [1.54, 1.807) is 0 Å². The Balaban J connectivity index is 1.56. The molecule has 0 spiro atoms. The van der Waals surface area contributed by atoms with Crippen LogP contribution in [0.3, 0.4) is 0 Å². The Bertz CT molecular complexity index is 1810. The lowest BCUT2D eigenvalue weighted by molar-refractivity contribution is 1.25. The molecule has 0 saturated carbocycles. The van der Waals surface area contributed by atoms with Crippen molar-refractivity contribution in [1.29, 1.82) is 0 Å². The Labute approximate surface area is 249 Å². The third-order valence-electron chi connectivity index (χ3n) is 7.95. The van der Waals surface area contributed by atoms with Crippen LogP contribution in [0.4, 0.5) is 5.69 Å². The predicted molar refractivity (Wildman–Crippen MR) is 181 cm³/mol. The standard InChI is InChI=1S/C41H35N/c1-4-40(42-41-22-14-12-16-30(41)3)38-24-23-33(28-39(38)37-21-13-11-15-29(37)2)36-26-34(31-17-7-5-8-18-31)25-35(27-36)32-19-9-6-10-20-32/h5-28H,4H2,1-3H3/b42-40+. The van der Waals surface area contributed by atoms with Crippen LogP contribution in [0.1, 0.15) is 30.0 Å². The molecular formula is C41H35N. The van der Waals surface area contributed by atoms with Crippen molar-refractivity contribution in [2.75, 3.05) is 0 Å². The molecule has 0 N–H and O–H groups in total. The smallest absolute Gasteiger partial charge is 0.0662 e. The second-order valence-corrected chi connectivity index (χ2v) is 10.8. The van der Waals surface area contributed by atoms with Gasteiger partial charge in [-0.05, 0) is 106 Å². The number of para-hydroxylation sites is 1. The Morgan fingerprint density at radius 3 is 1.55 bits per heavy atom. The molecule has 204 valence electrons. The summed E-state index contributed by atoms with van der Waals surface area (Å²) in [6, 6.07) is 52.2. The molecule has 0 radical (unpaired) electrons. The third-order valence-corrected chi connectivity index (χ3v) is 7.95. The zero-order valence-electron chi connectivity index (χ0n) is 24.5. The first-order chi connectivity index (χ1) is 20.6. The summed E-state index contributed by atoms with van der Waals surface area (Å²) in [5, 5.41) is 0. The van der Waals surface area contributed by atoms with Crippen LogP contribution >= 0.6 is 0 Å². The van der Waals surface area contributed by atoms with Gasteiger partial charge in [0.2, 0.25) is 0 Å². The van der Waals surface area contributed by atoms with Gasteiger partial charge >= 0.3 is 0 Å². The molecule has 0 amide bonds. The molecule has 0 heterocycles. The number of nitrogens with zero attached hydrogens (tertiary/aromatic N) is 1. The average molecular weight is 542 g/mol. The van der Waals surface area contributed by atoms with E-state index in [4.69, 9.17) is 4.99 Å². The fraction of sp³-hybridized carbons (Fsp3) is 0.0976. The quantitative estimate of drug-likeness (QED) is 0.178.